The van der Waals surface area contributed by atoms with Crippen LogP contribution in [0.3, 0.4) is 0 Å². The Labute approximate surface area is 123 Å². The Morgan fingerprint density at radius 1 is 1.05 bits per heavy atom. The van der Waals surface area contributed by atoms with Gasteiger partial charge in [-0.25, -0.2) is 0 Å². The van der Waals surface area contributed by atoms with Crippen LogP contribution < -0.4 is 5.19 Å². The highest BCUT2D eigenvalue weighted by Gasteiger charge is 2.38. The summed E-state index contributed by atoms with van der Waals surface area (Å²) in [5, 5.41) is 1.20. The Morgan fingerprint density at radius 3 is 2.25 bits per heavy atom. The van der Waals surface area contributed by atoms with Crippen molar-refractivity contribution in [3.63, 3.8) is 0 Å². The van der Waals surface area contributed by atoms with Crippen molar-refractivity contribution in [3.8, 4) is 0 Å². The number of ether oxygens (including phenoxy) is 1. The minimum Gasteiger partial charge on any atom is -0.502 e. The molecule has 0 aliphatic rings. The molecule has 0 saturated heterocycles. The fraction of sp³-hybridized carbons (Fsp3) is 0.500. The summed E-state index contributed by atoms with van der Waals surface area (Å²) in [6.07, 6.45) is 4.56. The maximum atomic E-state index is 6.11. The van der Waals surface area contributed by atoms with Crippen LogP contribution in [0.1, 0.15) is 27.2 Å². The highest BCUT2D eigenvalue weighted by Crippen LogP contribution is 2.17. The van der Waals surface area contributed by atoms with E-state index in [0.717, 1.165) is 12.5 Å². The first-order valence-electron chi connectivity index (χ1n) is 7.35. The molecule has 112 valence electrons. The van der Waals surface area contributed by atoms with Crippen LogP contribution in [0.15, 0.2) is 42.7 Å². The van der Waals surface area contributed by atoms with Gasteiger partial charge in [0.15, 0.2) is 0 Å². The molecule has 1 rings (SSSR count). The minimum absolute atomic E-state index is 0.677. The van der Waals surface area contributed by atoms with Crippen LogP contribution in [0.25, 0.3) is 0 Å². The van der Waals surface area contributed by atoms with Gasteiger partial charge in [0.1, 0.15) is 0 Å². The van der Waals surface area contributed by atoms with Crippen molar-refractivity contribution in [2.75, 3.05) is 19.8 Å². The second-order valence-electron chi connectivity index (χ2n) is 4.43. The number of hydrogen-bond acceptors (Lipinski definition) is 3. The molecule has 0 aliphatic heterocycles. The molecule has 1 aromatic carbocycles. The predicted octanol–water partition coefficient (Wildman–Crippen LogP) is 3.35. The van der Waals surface area contributed by atoms with Gasteiger partial charge in [0.05, 0.1) is 12.9 Å². The van der Waals surface area contributed by atoms with Gasteiger partial charge in [0, 0.05) is 13.2 Å². The van der Waals surface area contributed by atoms with Crippen molar-refractivity contribution in [2.45, 2.75) is 33.2 Å². The van der Waals surface area contributed by atoms with Gasteiger partial charge < -0.3 is 13.6 Å². The maximum absolute atomic E-state index is 6.11. The summed E-state index contributed by atoms with van der Waals surface area (Å²) in [5.41, 5.74) is 0. The first-order valence-corrected chi connectivity index (χ1v) is 9.37. The minimum atomic E-state index is -2.34. The molecule has 0 N–H and O–H groups in total. The van der Waals surface area contributed by atoms with Gasteiger partial charge in [-0.2, -0.15) is 0 Å². The van der Waals surface area contributed by atoms with Gasteiger partial charge in [-0.15, -0.1) is 0 Å². The summed E-state index contributed by atoms with van der Waals surface area (Å²) in [5.74, 6) is 0. The number of rotatable bonds is 10. The molecule has 20 heavy (non-hydrogen) atoms. The molecule has 0 aliphatic carbocycles. The lowest BCUT2D eigenvalue weighted by molar-refractivity contribution is 0.188. The largest absolute Gasteiger partial charge is 0.502 e. The standard InChI is InChI=1S/C16H26O3Si/c1-4-13-17-14-10-15-20(18-5-2,19-6-3)16-11-8-7-9-12-16/h4,7-9,11-13H,5-6,10,14-15H2,1-3H3. The summed E-state index contributed by atoms with van der Waals surface area (Å²) in [6, 6.07) is 11.3. The zero-order valence-corrected chi connectivity index (χ0v) is 13.8. The molecule has 0 fully saturated rings. The monoisotopic (exact) mass is 294 g/mol. The van der Waals surface area contributed by atoms with E-state index >= 15 is 0 Å². The lowest BCUT2D eigenvalue weighted by Gasteiger charge is -2.30. The average Bonchev–Trinajstić information content (AvgIpc) is 2.48. The van der Waals surface area contributed by atoms with Gasteiger partial charge in [-0.1, -0.05) is 36.4 Å². The quantitative estimate of drug-likeness (QED) is 0.376. The fourth-order valence-electron chi connectivity index (χ4n) is 2.21. The van der Waals surface area contributed by atoms with Crippen LogP contribution in [0, 0.1) is 0 Å². The first kappa shape index (κ1) is 16.9. The van der Waals surface area contributed by atoms with E-state index < -0.39 is 8.56 Å². The van der Waals surface area contributed by atoms with E-state index in [4.69, 9.17) is 13.6 Å². The topological polar surface area (TPSA) is 27.7 Å². The van der Waals surface area contributed by atoms with E-state index in [9.17, 15) is 0 Å². The van der Waals surface area contributed by atoms with E-state index in [0.29, 0.717) is 19.8 Å². The molecule has 0 saturated carbocycles. The van der Waals surface area contributed by atoms with Gasteiger partial charge in [-0.05, 0) is 38.4 Å². The van der Waals surface area contributed by atoms with Crippen molar-refractivity contribution < 1.29 is 13.6 Å². The second-order valence-corrected chi connectivity index (χ2v) is 7.59. The van der Waals surface area contributed by atoms with Gasteiger partial charge >= 0.3 is 8.56 Å². The summed E-state index contributed by atoms with van der Waals surface area (Å²) in [6.45, 7) is 8.06. The van der Waals surface area contributed by atoms with Crippen molar-refractivity contribution in [3.05, 3.63) is 42.7 Å². The van der Waals surface area contributed by atoms with Crippen molar-refractivity contribution in [1.82, 2.24) is 0 Å². The molecular weight excluding hydrogens is 268 g/mol. The highest BCUT2D eigenvalue weighted by molar-refractivity contribution is 6.81. The van der Waals surface area contributed by atoms with Crippen LogP contribution in [-0.4, -0.2) is 28.4 Å². The number of hydrogen-bond donors (Lipinski definition) is 0. The molecule has 0 heterocycles. The zero-order chi connectivity index (χ0) is 14.7. The SMILES string of the molecule is CC=COCCC[Si](OCC)(OCC)c1ccccc1. The van der Waals surface area contributed by atoms with Crippen LogP contribution >= 0.6 is 0 Å². The third kappa shape index (κ3) is 5.11. The Balaban J connectivity index is 2.77. The molecule has 0 radical (unpaired) electrons. The Morgan fingerprint density at radius 2 is 1.70 bits per heavy atom. The van der Waals surface area contributed by atoms with E-state index in [1.165, 1.54) is 5.19 Å². The second kappa shape index (κ2) is 9.75. The van der Waals surface area contributed by atoms with Crippen molar-refractivity contribution in [2.24, 2.45) is 0 Å². The van der Waals surface area contributed by atoms with Crippen LogP contribution in [0.5, 0.6) is 0 Å². The highest BCUT2D eigenvalue weighted by atomic mass is 28.4. The third-order valence-electron chi connectivity index (χ3n) is 2.97. The lowest BCUT2D eigenvalue weighted by atomic mass is 10.4. The summed E-state index contributed by atoms with van der Waals surface area (Å²) in [7, 11) is -2.34. The first-order chi connectivity index (χ1) is 9.79. The molecule has 0 atom stereocenters. The molecule has 0 aromatic heterocycles. The van der Waals surface area contributed by atoms with E-state index in [2.05, 4.69) is 12.1 Å². The molecule has 4 heteroatoms. The lowest BCUT2D eigenvalue weighted by Crippen LogP contribution is -2.54. The summed E-state index contributed by atoms with van der Waals surface area (Å²) < 4.78 is 17.6. The molecule has 1 aromatic rings. The van der Waals surface area contributed by atoms with Gasteiger partial charge in [0.2, 0.25) is 0 Å². The van der Waals surface area contributed by atoms with Crippen LogP contribution in [0.4, 0.5) is 0 Å². The zero-order valence-electron chi connectivity index (χ0n) is 12.8. The predicted molar refractivity (Wildman–Crippen MR) is 85.3 cm³/mol. The van der Waals surface area contributed by atoms with Gasteiger partial charge in [0.25, 0.3) is 0 Å². The summed E-state index contributed by atoms with van der Waals surface area (Å²) >= 11 is 0. The average molecular weight is 294 g/mol. The molecule has 0 spiro atoms. The molecular formula is C16H26O3Si. The molecule has 0 unspecified atom stereocenters. The van der Waals surface area contributed by atoms with Crippen molar-refractivity contribution in [1.29, 1.82) is 0 Å². The third-order valence-corrected chi connectivity index (χ3v) is 6.70. The Hall–Kier alpha value is -1.10. The van der Waals surface area contributed by atoms with Crippen LogP contribution in [0.2, 0.25) is 6.04 Å². The Kier molecular flexibility index (Phi) is 8.26. The van der Waals surface area contributed by atoms with E-state index in [-0.39, 0.29) is 0 Å². The van der Waals surface area contributed by atoms with Gasteiger partial charge in [-0.3, -0.25) is 0 Å². The fourth-order valence-corrected chi connectivity index (χ4v) is 5.44. The maximum Gasteiger partial charge on any atom is 0.372 e. The van der Waals surface area contributed by atoms with E-state index in [1.807, 2.05) is 45.0 Å². The van der Waals surface area contributed by atoms with Crippen molar-refractivity contribution >= 4 is 13.7 Å². The normalized spacial score (nSPS) is 11.9. The number of benzene rings is 1. The summed E-state index contributed by atoms with van der Waals surface area (Å²) in [4.78, 5) is 0. The van der Waals surface area contributed by atoms with Crippen LogP contribution in [-0.2, 0) is 13.6 Å². The molecule has 3 nitrogen and oxygen atoms in total. The Bertz CT molecular complexity index is 373. The molecule has 0 bridgehead atoms. The van der Waals surface area contributed by atoms with E-state index in [1.54, 1.807) is 6.26 Å². The number of allylic oxidation sites excluding steroid dienone is 1. The smallest absolute Gasteiger partial charge is 0.372 e. The molecule has 0 amide bonds.